The highest BCUT2D eigenvalue weighted by Crippen LogP contribution is 2.29. The van der Waals surface area contributed by atoms with Crippen LogP contribution in [0.15, 0.2) is 42.6 Å². The molecule has 7 heteroatoms. The maximum absolute atomic E-state index is 12.4. The van der Waals surface area contributed by atoms with Gasteiger partial charge in [0.25, 0.3) is 17.7 Å². The summed E-state index contributed by atoms with van der Waals surface area (Å²) in [6, 6.07) is 10.2. The second kappa shape index (κ2) is 6.76. The first kappa shape index (κ1) is 16.5. The molecule has 2 N–H and O–H groups in total. The lowest BCUT2D eigenvalue weighted by Gasteiger charge is -2.27. The minimum absolute atomic E-state index is 0.199. The molecule has 0 aliphatic carbocycles. The van der Waals surface area contributed by atoms with Gasteiger partial charge < -0.3 is 15.2 Å². The summed E-state index contributed by atoms with van der Waals surface area (Å²) in [5.74, 6) is 0.584. The maximum Gasteiger partial charge on any atom is 0.261 e. The predicted molar refractivity (Wildman–Crippen MR) is 93.2 cm³/mol. The van der Waals surface area contributed by atoms with E-state index in [1.165, 1.54) is 4.90 Å². The number of nitrogens with zero attached hydrogens (tertiary/aromatic N) is 2. The van der Waals surface area contributed by atoms with Gasteiger partial charge in [0.1, 0.15) is 12.7 Å². The number of hydrogen-bond donors (Lipinski definition) is 1. The van der Waals surface area contributed by atoms with Crippen LogP contribution in [-0.2, 0) is 0 Å². The second-order valence-corrected chi connectivity index (χ2v) is 6.45. The van der Waals surface area contributed by atoms with Crippen molar-refractivity contribution >= 4 is 11.8 Å². The molecule has 2 aliphatic rings. The molecule has 0 saturated heterocycles. The van der Waals surface area contributed by atoms with Gasteiger partial charge in [-0.3, -0.25) is 14.5 Å². The number of rotatable bonds is 5. The Morgan fingerprint density at radius 1 is 1.15 bits per heavy atom. The van der Waals surface area contributed by atoms with Gasteiger partial charge in [0.05, 0.1) is 11.1 Å². The van der Waals surface area contributed by atoms with Crippen LogP contribution in [0.3, 0.4) is 0 Å². The minimum Gasteiger partial charge on any atom is -0.484 e. The lowest BCUT2D eigenvalue weighted by molar-refractivity contribution is 0.0626. The van der Waals surface area contributed by atoms with E-state index in [0.29, 0.717) is 42.2 Å². The third kappa shape index (κ3) is 3.01. The Kier molecular flexibility index (Phi) is 4.30. The molecule has 7 nitrogen and oxygen atoms in total. The summed E-state index contributed by atoms with van der Waals surface area (Å²) < 4.78 is 11.4. The number of aromatic nitrogens is 1. The maximum atomic E-state index is 12.4. The Morgan fingerprint density at radius 3 is 2.62 bits per heavy atom. The monoisotopic (exact) mass is 353 g/mol. The highest BCUT2D eigenvalue weighted by atomic mass is 16.6. The van der Waals surface area contributed by atoms with Crippen molar-refractivity contribution in [2.24, 2.45) is 5.73 Å². The van der Waals surface area contributed by atoms with Crippen molar-refractivity contribution in [1.29, 1.82) is 0 Å². The number of hydrogen-bond acceptors (Lipinski definition) is 6. The number of carbonyl (C=O) groups excluding carboxylic acids is 2. The summed E-state index contributed by atoms with van der Waals surface area (Å²) in [6.45, 7) is 0.690. The molecule has 1 aromatic carbocycles. The number of carbonyl (C=O) groups is 2. The lowest BCUT2D eigenvalue weighted by Crippen LogP contribution is -2.39. The van der Waals surface area contributed by atoms with Gasteiger partial charge in [0, 0.05) is 25.2 Å². The number of benzene rings is 1. The van der Waals surface area contributed by atoms with Crippen LogP contribution in [0.1, 0.15) is 33.6 Å². The summed E-state index contributed by atoms with van der Waals surface area (Å²) in [4.78, 5) is 30.1. The fourth-order valence-corrected chi connectivity index (χ4v) is 3.26. The molecule has 26 heavy (non-hydrogen) atoms. The highest BCUT2D eigenvalue weighted by molar-refractivity contribution is 6.21. The standard InChI is InChI=1S/C19H19N3O4/c20-12(10-13-11-25-16-6-3-8-21-17(16)26-13)7-9-22-18(23)14-4-1-2-5-15(14)19(22)24/h1-6,8,12-13H,7,9-11,20H2. The molecule has 0 bridgehead atoms. The third-order valence-corrected chi connectivity index (χ3v) is 4.61. The van der Waals surface area contributed by atoms with Gasteiger partial charge in [-0.25, -0.2) is 4.98 Å². The molecule has 2 aliphatic heterocycles. The first-order chi connectivity index (χ1) is 12.6. The van der Waals surface area contributed by atoms with E-state index in [9.17, 15) is 9.59 Å². The Balaban J connectivity index is 1.32. The zero-order valence-corrected chi connectivity index (χ0v) is 14.1. The van der Waals surface area contributed by atoms with Crippen molar-refractivity contribution in [2.75, 3.05) is 13.2 Å². The van der Waals surface area contributed by atoms with Crippen LogP contribution in [0.5, 0.6) is 11.6 Å². The SMILES string of the molecule is NC(CCN1C(=O)c2ccccc2C1=O)CC1COc2cccnc2O1. The number of pyridine rings is 1. The van der Waals surface area contributed by atoms with Gasteiger partial charge in [0.2, 0.25) is 0 Å². The van der Waals surface area contributed by atoms with Gasteiger partial charge in [-0.15, -0.1) is 0 Å². The average molecular weight is 353 g/mol. The Labute approximate surface area is 150 Å². The van der Waals surface area contributed by atoms with Gasteiger partial charge in [-0.05, 0) is 30.7 Å². The van der Waals surface area contributed by atoms with Crippen LogP contribution in [0, 0.1) is 0 Å². The number of ether oxygens (including phenoxy) is 2. The van der Waals surface area contributed by atoms with Crippen LogP contribution in [0.4, 0.5) is 0 Å². The molecule has 1 aromatic heterocycles. The van der Waals surface area contributed by atoms with Crippen molar-refractivity contribution in [3.8, 4) is 11.6 Å². The van der Waals surface area contributed by atoms with E-state index in [4.69, 9.17) is 15.2 Å². The Bertz CT molecular complexity index is 819. The first-order valence-corrected chi connectivity index (χ1v) is 8.59. The van der Waals surface area contributed by atoms with E-state index in [1.807, 2.05) is 0 Å². The van der Waals surface area contributed by atoms with Gasteiger partial charge in [-0.1, -0.05) is 12.1 Å². The van der Waals surface area contributed by atoms with Crippen molar-refractivity contribution in [2.45, 2.75) is 25.0 Å². The van der Waals surface area contributed by atoms with Gasteiger partial charge in [0.15, 0.2) is 5.75 Å². The van der Waals surface area contributed by atoms with Crippen molar-refractivity contribution in [3.63, 3.8) is 0 Å². The fourth-order valence-electron chi connectivity index (χ4n) is 3.26. The van der Waals surface area contributed by atoms with Gasteiger partial charge in [-0.2, -0.15) is 0 Å². The topological polar surface area (TPSA) is 94.8 Å². The third-order valence-electron chi connectivity index (χ3n) is 4.61. The number of imide groups is 1. The molecule has 0 radical (unpaired) electrons. The lowest BCUT2D eigenvalue weighted by atomic mass is 10.1. The summed E-state index contributed by atoms with van der Waals surface area (Å²) >= 11 is 0. The molecule has 2 atom stereocenters. The molecule has 134 valence electrons. The molecule has 0 saturated carbocycles. The number of fused-ring (bicyclic) bond motifs is 2. The molecule has 2 unspecified atom stereocenters. The van der Waals surface area contributed by atoms with Crippen LogP contribution >= 0.6 is 0 Å². The quantitative estimate of drug-likeness (QED) is 0.821. The van der Waals surface area contributed by atoms with E-state index in [0.717, 1.165) is 0 Å². The zero-order chi connectivity index (χ0) is 18.1. The van der Waals surface area contributed by atoms with Crippen LogP contribution in [0.25, 0.3) is 0 Å². The first-order valence-electron chi connectivity index (χ1n) is 8.59. The molecule has 2 amide bonds. The Hall–Kier alpha value is -2.93. The summed E-state index contributed by atoms with van der Waals surface area (Å²) in [6.07, 6.45) is 2.50. The molecule has 3 heterocycles. The molecule has 2 aromatic rings. The minimum atomic E-state index is -0.256. The van der Waals surface area contributed by atoms with Crippen molar-refractivity contribution in [3.05, 3.63) is 53.7 Å². The highest BCUT2D eigenvalue weighted by Gasteiger charge is 2.35. The normalized spacial score (nSPS) is 19.4. The van der Waals surface area contributed by atoms with E-state index >= 15 is 0 Å². The van der Waals surface area contributed by atoms with Crippen LogP contribution in [0.2, 0.25) is 0 Å². The van der Waals surface area contributed by atoms with E-state index in [-0.39, 0.29) is 30.5 Å². The van der Waals surface area contributed by atoms with E-state index in [2.05, 4.69) is 4.98 Å². The van der Waals surface area contributed by atoms with Crippen molar-refractivity contribution in [1.82, 2.24) is 9.88 Å². The molecule has 0 fully saturated rings. The molecular formula is C19H19N3O4. The molecular weight excluding hydrogens is 334 g/mol. The van der Waals surface area contributed by atoms with E-state index < -0.39 is 0 Å². The number of nitrogens with two attached hydrogens (primary N) is 1. The largest absolute Gasteiger partial charge is 0.484 e. The summed E-state index contributed by atoms with van der Waals surface area (Å²) in [5, 5.41) is 0. The fraction of sp³-hybridized carbons (Fsp3) is 0.316. The van der Waals surface area contributed by atoms with Crippen LogP contribution in [-0.4, -0.2) is 47.0 Å². The summed E-state index contributed by atoms with van der Waals surface area (Å²) in [7, 11) is 0. The smallest absolute Gasteiger partial charge is 0.261 e. The summed E-state index contributed by atoms with van der Waals surface area (Å²) in [5.41, 5.74) is 7.11. The zero-order valence-electron chi connectivity index (χ0n) is 14.1. The van der Waals surface area contributed by atoms with E-state index in [1.54, 1.807) is 42.6 Å². The predicted octanol–water partition coefficient (Wildman–Crippen LogP) is 1.63. The Morgan fingerprint density at radius 2 is 1.88 bits per heavy atom. The molecule has 4 rings (SSSR count). The van der Waals surface area contributed by atoms with Crippen molar-refractivity contribution < 1.29 is 19.1 Å². The molecule has 0 spiro atoms. The number of amides is 2. The average Bonchev–Trinajstić information content (AvgIpc) is 2.91. The van der Waals surface area contributed by atoms with Crippen LogP contribution < -0.4 is 15.2 Å². The van der Waals surface area contributed by atoms with Gasteiger partial charge >= 0.3 is 0 Å². The second-order valence-electron chi connectivity index (χ2n) is 6.45.